The largest absolute Gasteiger partial charge is 0.497 e. The molecular weight excluding hydrogens is 520 g/mol. The van der Waals surface area contributed by atoms with Crippen molar-refractivity contribution in [2.24, 2.45) is 0 Å². The molecule has 0 radical (unpaired) electrons. The second-order valence-electron chi connectivity index (χ2n) is 10.6. The Morgan fingerprint density at radius 2 is 1.48 bits per heavy atom. The first-order valence-electron chi connectivity index (χ1n) is 13.9. The maximum Gasteiger partial charge on any atom is 0.137 e. The molecule has 7 rings (SSSR count). The maximum atomic E-state index is 6.43. The van der Waals surface area contributed by atoms with E-state index in [0.717, 1.165) is 67.4 Å². The summed E-state index contributed by atoms with van der Waals surface area (Å²) in [7, 11) is 1.69. The van der Waals surface area contributed by atoms with E-state index in [-0.39, 0.29) is 0 Å². The third-order valence-electron chi connectivity index (χ3n) is 7.71. The fourth-order valence-electron chi connectivity index (χ4n) is 5.82. The molecule has 0 saturated heterocycles. The number of benzene rings is 4. The molecule has 0 atom stereocenters. The molecule has 0 spiro atoms. The van der Waals surface area contributed by atoms with Crippen LogP contribution in [0.25, 0.3) is 44.4 Å². The highest BCUT2D eigenvalue weighted by Crippen LogP contribution is 2.36. The van der Waals surface area contributed by atoms with Crippen LogP contribution in [0.3, 0.4) is 0 Å². The zero-order valence-corrected chi connectivity index (χ0v) is 24.0. The van der Waals surface area contributed by atoms with E-state index in [1.54, 1.807) is 7.11 Å². The van der Waals surface area contributed by atoms with E-state index in [4.69, 9.17) is 14.5 Å². The van der Waals surface area contributed by atoms with Crippen LogP contribution in [-0.2, 0) is 0 Å². The summed E-state index contributed by atoms with van der Waals surface area (Å²) < 4.78 is 16.0. The highest BCUT2D eigenvalue weighted by atomic mass is 16.5. The standard InChI is InChI=1S/C36H30N4O2/c1-23-14-15-37-35(16-23)40-33-11-6-5-10-31(33)32-13-12-29(20-34(32)40)42-28-9-7-8-27(19-28)39-22-26(21-38-39)36-24(2)17-30(41-4)18-25(36)3/h5-22H,1-4H3. The molecule has 4 aromatic carbocycles. The molecule has 0 amide bonds. The average Bonchev–Trinajstić information content (AvgIpc) is 3.60. The Morgan fingerprint density at radius 3 is 2.29 bits per heavy atom. The van der Waals surface area contributed by atoms with Crippen molar-refractivity contribution in [1.29, 1.82) is 0 Å². The lowest BCUT2D eigenvalue weighted by atomic mass is 9.98. The first-order chi connectivity index (χ1) is 20.5. The molecule has 0 aliphatic heterocycles. The van der Waals surface area contributed by atoms with E-state index in [2.05, 4.69) is 91.2 Å². The number of fused-ring (bicyclic) bond motifs is 3. The molecule has 6 nitrogen and oxygen atoms in total. The van der Waals surface area contributed by atoms with Crippen LogP contribution in [0.15, 0.2) is 110 Å². The topological polar surface area (TPSA) is 54.1 Å². The van der Waals surface area contributed by atoms with E-state index in [1.807, 2.05) is 53.5 Å². The molecule has 0 unspecified atom stereocenters. The number of methoxy groups -OCH3 is 1. The fourth-order valence-corrected chi connectivity index (χ4v) is 5.82. The number of nitrogens with zero attached hydrogens (tertiary/aromatic N) is 4. The third kappa shape index (κ3) is 4.47. The smallest absolute Gasteiger partial charge is 0.137 e. The number of aromatic nitrogens is 4. The number of pyridine rings is 1. The number of rotatable bonds is 6. The van der Waals surface area contributed by atoms with Crippen LogP contribution in [0.1, 0.15) is 16.7 Å². The summed E-state index contributed by atoms with van der Waals surface area (Å²) in [5.41, 5.74) is 8.76. The molecule has 0 bridgehead atoms. The molecule has 0 aliphatic rings. The summed E-state index contributed by atoms with van der Waals surface area (Å²) in [6.45, 7) is 6.28. The van der Waals surface area contributed by atoms with Gasteiger partial charge in [0.25, 0.3) is 0 Å². The second kappa shape index (κ2) is 10.2. The van der Waals surface area contributed by atoms with Crippen molar-refractivity contribution in [3.05, 3.63) is 126 Å². The van der Waals surface area contributed by atoms with Crippen molar-refractivity contribution >= 4 is 21.8 Å². The van der Waals surface area contributed by atoms with Gasteiger partial charge in [-0.25, -0.2) is 9.67 Å². The molecule has 7 aromatic rings. The van der Waals surface area contributed by atoms with Gasteiger partial charge in [0.2, 0.25) is 0 Å². The van der Waals surface area contributed by atoms with Gasteiger partial charge in [0.15, 0.2) is 0 Å². The Hall–Kier alpha value is -5.36. The number of hydrogen-bond donors (Lipinski definition) is 0. The highest BCUT2D eigenvalue weighted by molar-refractivity contribution is 6.09. The van der Waals surface area contributed by atoms with Gasteiger partial charge in [-0.15, -0.1) is 0 Å². The van der Waals surface area contributed by atoms with Gasteiger partial charge in [-0.2, -0.15) is 5.10 Å². The van der Waals surface area contributed by atoms with E-state index >= 15 is 0 Å². The minimum Gasteiger partial charge on any atom is -0.497 e. The summed E-state index contributed by atoms with van der Waals surface area (Å²) in [4.78, 5) is 4.69. The Balaban J connectivity index is 1.24. The highest BCUT2D eigenvalue weighted by Gasteiger charge is 2.15. The minimum atomic E-state index is 0.733. The van der Waals surface area contributed by atoms with Crippen molar-refractivity contribution in [1.82, 2.24) is 19.3 Å². The summed E-state index contributed by atoms with van der Waals surface area (Å²) in [5.74, 6) is 3.23. The average molecular weight is 551 g/mol. The van der Waals surface area contributed by atoms with Gasteiger partial charge in [0.05, 0.1) is 30.0 Å². The van der Waals surface area contributed by atoms with E-state index in [0.29, 0.717) is 0 Å². The van der Waals surface area contributed by atoms with Crippen LogP contribution in [0.4, 0.5) is 0 Å². The van der Waals surface area contributed by atoms with Crippen molar-refractivity contribution < 1.29 is 9.47 Å². The van der Waals surface area contributed by atoms with Crippen molar-refractivity contribution in [2.75, 3.05) is 7.11 Å². The van der Waals surface area contributed by atoms with Crippen LogP contribution in [0, 0.1) is 20.8 Å². The lowest BCUT2D eigenvalue weighted by molar-refractivity contribution is 0.414. The van der Waals surface area contributed by atoms with E-state index < -0.39 is 0 Å². The first kappa shape index (κ1) is 25.6. The predicted octanol–water partition coefficient (Wildman–Crippen LogP) is 8.76. The monoisotopic (exact) mass is 550 g/mol. The van der Waals surface area contributed by atoms with Gasteiger partial charge >= 0.3 is 0 Å². The summed E-state index contributed by atoms with van der Waals surface area (Å²) in [5, 5.41) is 7.01. The molecule has 0 N–H and O–H groups in total. The predicted molar refractivity (Wildman–Crippen MR) is 168 cm³/mol. The molecule has 6 heteroatoms. The van der Waals surface area contributed by atoms with Crippen molar-refractivity contribution in [3.63, 3.8) is 0 Å². The lowest BCUT2D eigenvalue weighted by Gasteiger charge is -2.11. The minimum absolute atomic E-state index is 0.733. The molecule has 3 aromatic heterocycles. The molecule has 0 saturated carbocycles. The normalized spacial score (nSPS) is 11.3. The fraction of sp³-hybridized carbons (Fsp3) is 0.111. The molecule has 206 valence electrons. The Morgan fingerprint density at radius 1 is 0.690 bits per heavy atom. The Kier molecular flexibility index (Phi) is 6.24. The lowest BCUT2D eigenvalue weighted by Crippen LogP contribution is -1.97. The number of ether oxygens (including phenoxy) is 2. The van der Waals surface area contributed by atoms with Crippen LogP contribution in [0.5, 0.6) is 17.2 Å². The van der Waals surface area contributed by atoms with E-state index in [9.17, 15) is 0 Å². The third-order valence-corrected chi connectivity index (χ3v) is 7.71. The number of aryl methyl sites for hydroxylation is 3. The van der Waals surface area contributed by atoms with Gasteiger partial charge in [-0.05, 0) is 97.6 Å². The van der Waals surface area contributed by atoms with Gasteiger partial charge in [0.1, 0.15) is 23.1 Å². The number of para-hydroxylation sites is 1. The Bertz CT molecular complexity index is 2080. The summed E-state index contributed by atoms with van der Waals surface area (Å²) >= 11 is 0. The van der Waals surface area contributed by atoms with Gasteiger partial charge in [-0.3, -0.25) is 4.57 Å². The number of hydrogen-bond acceptors (Lipinski definition) is 4. The van der Waals surface area contributed by atoms with Gasteiger partial charge < -0.3 is 9.47 Å². The second-order valence-corrected chi connectivity index (χ2v) is 10.6. The molecule has 3 heterocycles. The molecule has 0 aliphatic carbocycles. The molecular formula is C36H30N4O2. The molecule has 0 fully saturated rings. The molecule has 42 heavy (non-hydrogen) atoms. The summed E-state index contributed by atoms with van der Waals surface area (Å²) in [6.07, 6.45) is 5.82. The van der Waals surface area contributed by atoms with Crippen LogP contribution in [-0.4, -0.2) is 26.4 Å². The SMILES string of the molecule is COc1cc(C)c(-c2cnn(-c3cccc(Oc4ccc5c6ccccc6n(-c6cc(C)ccn6)c5c4)c3)c2)c(C)c1. The first-order valence-corrected chi connectivity index (χ1v) is 13.9. The maximum absolute atomic E-state index is 6.43. The van der Waals surface area contributed by atoms with Gasteiger partial charge in [0, 0.05) is 40.9 Å². The van der Waals surface area contributed by atoms with Crippen LogP contribution in [0.2, 0.25) is 0 Å². The summed E-state index contributed by atoms with van der Waals surface area (Å²) in [6, 6.07) is 30.9. The van der Waals surface area contributed by atoms with Gasteiger partial charge in [-0.1, -0.05) is 24.3 Å². The quantitative estimate of drug-likeness (QED) is 0.208. The zero-order valence-electron chi connectivity index (χ0n) is 24.0. The van der Waals surface area contributed by atoms with Crippen molar-refractivity contribution in [2.45, 2.75) is 20.8 Å². The zero-order chi connectivity index (χ0) is 28.8. The Labute approximate surface area is 244 Å². The van der Waals surface area contributed by atoms with Crippen LogP contribution >= 0.6 is 0 Å². The van der Waals surface area contributed by atoms with Crippen molar-refractivity contribution in [3.8, 4) is 39.9 Å². The van der Waals surface area contributed by atoms with E-state index in [1.165, 1.54) is 10.9 Å². The van der Waals surface area contributed by atoms with Crippen LogP contribution < -0.4 is 9.47 Å².